The molecular weight excluding hydrogens is 244 g/mol. The van der Waals surface area contributed by atoms with Crippen LogP contribution in [-0.4, -0.2) is 15.2 Å². The molecule has 0 spiro atoms. The van der Waals surface area contributed by atoms with Gasteiger partial charge in [-0.2, -0.15) is 11.8 Å². The number of thioether (sulfide) groups is 1. The molecule has 0 fully saturated rings. The minimum atomic E-state index is 0.0988. The summed E-state index contributed by atoms with van der Waals surface area (Å²) < 4.78 is 0. The lowest BCUT2D eigenvalue weighted by molar-refractivity contribution is 0.708. The molecule has 1 aromatic rings. The van der Waals surface area contributed by atoms with Crippen LogP contribution < -0.4 is 5.56 Å². The average Bonchev–Trinajstić information content (AvgIpc) is 2.61. The molecule has 0 amide bonds. The van der Waals surface area contributed by atoms with Crippen molar-refractivity contribution in [1.29, 1.82) is 0 Å². The molecule has 1 aliphatic carbocycles. The van der Waals surface area contributed by atoms with Gasteiger partial charge in [-0.1, -0.05) is 20.3 Å². The third-order valence-corrected chi connectivity index (χ3v) is 4.91. The average molecular weight is 266 g/mol. The Hall–Kier alpha value is -0.770. The number of aromatic nitrogens is 2. The number of aryl methyl sites for hydroxylation is 1. The Labute approximate surface area is 113 Å². The lowest BCUT2D eigenvalue weighted by atomic mass is 10.1. The van der Waals surface area contributed by atoms with Crippen LogP contribution in [0.3, 0.4) is 0 Å². The lowest BCUT2D eigenvalue weighted by Crippen LogP contribution is -2.19. The predicted octanol–water partition coefficient (Wildman–Crippen LogP) is 3.07. The van der Waals surface area contributed by atoms with E-state index in [9.17, 15) is 4.79 Å². The van der Waals surface area contributed by atoms with E-state index in [1.54, 1.807) is 0 Å². The predicted molar refractivity (Wildman–Crippen MR) is 77.2 cm³/mol. The van der Waals surface area contributed by atoms with Crippen molar-refractivity contribution in [1.82, 2.24) is 9.97 Å². The summed E-state index contributed by atoms with van der Waals surface area (Å²) in [7, 11) is 0. The molecular formula is C14H22N2OS. The Balaban J connectivity index is 2.16. The van der Waals surface area contributed by atoms with Crippen molar-refractivity contribution < 1.29 is 0 Å². The zero-order chi connectivity index (χ0) is 13.0. The van der Waals surface area contributed by atoms with E-state index in [0.29, 0.717) is 5.25 Å². The number of rotatable bonds is 4. The van der Waals surface area contributed by atoms with Gasteiger partial charge in [0, 0.05) is 10.8 Å². The van der Waals surface area contributed by atoms with E-state index in [0.717, 1.165) is 48.5 Å². The van der Waals surface area contributed by atoms with Crippen molar-refractivity contribution in [3.05, 3.63) is 27.4 Å². The molecule has 1 N–H and O–H groups in total. The molecule has 1 aliphatic rings. The van der Waals surface area contributed by atoms with Gasteiger partial charge in [-0.15, -0.1) is 0 Å². The molecule has 0 radical (unpaired) electrons. The van der Waals surface area contributed by atoms with Gasteiger partial charge in [0.05, 0.1) is 11.4 Å². The number of fused-ring (bicyclic) bond motifs is 1. The van der Waals surface area contributed by atoms with E-state index in [-0.39, 0.29) is 5.56 Å². The highest BCUT2D eigenvalue weighted by Crippen LogP contribution is 2.19. The fraction of sp³-hybridized carbons (Fsp3) is 0.714. The van der Waals surface area contributed by atoms with Crippen LogP contribution in [0.5, 0.6) is 0 Å². The minimum Gasteiger partial charge on any atom is -0.310 e. The molecule has 0 aromatic carbocycles. The monoisotopic (exact) mass is 266 g/mol. The summed E-state index contributed by atoms with van der Waals surface area (Å²) in [5.41, 5.74) is 2.09. The summed E-state index contributed by atoms with van der Waals surface area (Å²) in [4.78, 5) is 19.7. The van der Waals surface area contributed by atoms with Crippen LogP contribution in [0.4, 0.5) is 0 Å². The van der Waals surface area contributed by atoms with Crippen molar-refractivity contribution in [2.24, 2.45) is 0 Å². The molecule has 1 aromatic heterocycles. The maximum absolute atomic E-state index is 12.0. The van der Waals surface area contributed by atoms with Crippen molar-refractivity contribution in [3.63, 3.8) is 0 Å². The third-order valence-electron chi connectivity index (χ3n) is 3.57. The van der Waals surface area contributed by atoms with E-state index in [2.05, 4.69) is 23.8 Å². The molecule has 18 heavy (non-hydrogen) atoms. The van der Waals surface area contributed by atoms with E-state index in [1.807, 2.05) is 11.8 Å². The molecule has 1 unspecified atom stereocenters. The summed E-state index contributed by atoms with van der Waals surface area (Å²) >= 11 is 1.86. The Morgan fingerprint density at radius 2 is 2.11 bits per heavy atom. The minimum absolute atomic E-state index is 0.0988. The topological polar surface area (TPSA) is 45.8 Å². The number of hydrogen-bond acceptors (Lipinski definition) is 3. The van der Waals surface area contributed by atoms with Crippen LogP contribution in [0.25, 0.3) is 0 Å². The van der Waals surface area contributed by atoms with Crippen molar-refractivity contribution in [3.8, 4) is 0 Å². The molecule has 1 atom stereocenters. The standard InChI is InChI=1S/C14H22N2OS/c1-3-10(2)18-9-13-15-12-8-6-4-5-7-11(12)14(17)16-13/h10H,3-9H2,1-2H3,(H,15,16,17). The molecule has 2 rings (SSSR count). The first kappa shape index (κ1) is 13.7. The summed E-state index contributed by atoms with van der Waals surface area (Å²) in [5, 5.41) is 0.620. The molecule has 0 saturated carbocycles. The van der Waals surface area contributed by atoms with Crippen LogP contribution in [-0.2, 0) is 18.6 Å². The van der Waals surface area contributed by atoms with E-state index >= 15 is 0 Å². The van der Waals surface area contributed by atoms with Crippen LogP contribution in [0.2, 0.25) is 0 Å². The van der Waals surface area contributed by atoms with Crippen LogP contribution in [0.1, 0.15) is 56.6 Å². The molecule has 100 valence electrons. The van der Waals surface area contributed by atoms with Gasteiger partial charge in [0.15, 0.2) is 0 Å². The molecule has 4 heteroatoms. The number of aromatic amines is 1. The summed E-state index contributed by atoms with van der Waals surface area (Å²) in [5.74, 6) is 1.67. The Morgan fingerprint density at radius 3 is 2.89 bits per heavy atom. The largest absolute Gasteiger partial charge is 0.310 e. The first-order valence-corrected chi connectivity index (χ1v) is 7.98. The fourth-order valence-corrected chi connectivity index (χ4v) is 3.05. The van der Waals surface area contributed by atoms with Crippen molar-refractivity contribution in [2.75, 3.05) is 0 Å². The van der Waals surface area contributed by atoms with Gasteiger partial charge < -0.3 is 4.98 Å². The fourth-order valence-electron chi connectivity index (χ4n) is 2.24. The van der Waals surface area contributed by atoms with Crippen LogP contribution >= 0.6 is 11.8 Å². The molecule has 1 heterocycles. The zero-order valence-electron chi connectivity index (χ0n) is 11.3. The van der Waals surface area contributed by atoms with Crippen molar-refractivity contribution >= 4 is 11.8 Å². The number of hydrogen-bond donors (Lipinski definition) is 1. The molecule has 3 nitrogen and oxygen atoms in total. The highest BCUT2D eigenvalue weighted by atomic mass is 32.2. The second kappa shape index (κ2) is 6.41. The number of H-pyrrole nitrogens is 1. The summed E-state index contributed by atoms with van der Waals surface area (Å²) in [6, 6.07) is 0. The Morgan fingerprint density at radius 1 is 1.33 bits per heavy atom. The molecule has 0 aliphatic heterocycles. The Kier molecular flexibility index (Phi) is 4.87. The quantitative estimate of drug-likeness (QED) is 0.852. The second-order valence-electron chi connectivity index (χ2n) is 5.03. The van der Waals surface area contributed by atoms with E-state index < -0.39 is 0 Å². The van der Waals surface area contributed by atoms with E-state index in [1.165, 1.54) is 12.8 Å². The third kappa shape index (κ3) is 3.37. The van der Waals surface area contributed by atoms with Gasteiger partial charge in [-0.3, -0.25) is 4.79 Å². The molecule has 0 saturated heterocycles. The van der Waals surface area contributed by atoms with Gasteiger partial charge >= 0.3 is 0 Å². The number of nitrogens with zero attached hydrogens (tertiary/aromatic N) is 1. The van der Waals surface area contributed by atoms with Crippen molar-refractivity contribution in [2.45, 2.75) is 63.4 Å². The number of nitrogens with one attached hydrogen (secondary N) is 1. The molecule has 0 bridgehead atoms. The Bertz CT molecular complexity index is 456. The van der Waals surface area contributed by atoms with Crippen LogP contribution in [0.15, 0.2) is 4.79 Å². The maximum atomic E-state index is 12.0. The normalized spacial score (nSPS) is 17.0. The lowest BCUT2D eigenvalue weighted by Gasteiger charge is -2.10. The van der Waals surface area contributed by atoms with Gasteiger partial charge in [-0.25, -0.2) is 4.98 Å². The summed E-state index contributed by atoms with van der Waals surface area (Å²) in [6.45, 7) is 4.40. The zero-order valence-corrected chi connectivity index (χ0v) is 12.1. The maximum Gasteiger partial charge on any atom is 0.254 e. The van der Waals surface area contributed by atoms with Crippen LogP contribution in [0, 0.1) is 0 Å². The smallest absolute Gasteiger partial charge is 0.254 e. The SMILES string of the molecule is CCC(C)SCc1nc2c(c(=O)[nH]1)CCCCC2. The second-order valence-corrected chi connectivity index (χ2v) is 6.46. The van der Waals surface area contributed by atoms with Gasteiger partial charge in [0.2, 0.25) is 0 Å². The van der Waals surface area contributed by atoms with E-state index in [4.69, 9.17) is 0 Å². The first-order chi connectivity index (χ1) is 8.70. The highest BCUT2D eigenvalue weighted by Gasteiger charge is 2.14. The summed E-state index contributed by atoms with van der Waals surface area (Å²) in [6.07, 6.45) is 6.53. The first-order valence-electron chi connectivity index (χ1n) is 6.93. The van der Waals surface area contributed by atoms with Gasteiger partial charge in [0.25, 0.3) is 5.56 Å². The highest BCUT2D eigenvalue weighted by molar-refractivity contribution is 7.99. The van der Waals surface area contributed by atoms with Gasteiger partial charge in [0.1, 0.15) is 5.82 Å². The van der Waals surface area contributed by atoms with Gasteiger partial charge in [-0.05, 0) is 32.1 Å².